The van der Waals surface area contributed by atoms with E-state index >= 15 is 0 Å². The van der Waals surface area contributed by atoms with Gasteiger partial charge in [0.2, 0.25) is 0 Å². The second-order valence-corrected chi connectivity index (χ2v) is 5.36. The van der Waals surface area contributed by atoms with Gasteiger partial charge in [-0.2, -0.15) is 0 Å². The van der Waals surface area contributed by atoms with Gasteiger partial charge in [-0.25, -0.2) is 4.99 Å². The summed E-state index contributed by atoms with van der Waals surface area (Å²) in [6, 6.07) is 0. The molecular weight excluding hydrogens is 258 g/mol. The standard InChI is InChI=1S/C11H14BrNS/c1-4-6-9-7-10(12)14-11(9)13-8(3)5-2/h6-7H,3-5H2,1-2H3/b9-6-,13-11+. The van der Waals surface area contributed by atoms with Crippen LogP contribution in [0.1, 0.15) is 26.7 Å². The van der Waals surface area contributed by atoms with E-state index in [0.29, 0.717) is 0 Å². The van der Waals surface area contributed by atoms with Crippen LogP contribution in [0.5, 0.6) is 0 Å². The molecule has 0 spiro atoms. The minimum absolute atomic E-state index is 0.904. The third-order valence-electron chi connectivity index (χ3n) is 1.80. The summed E-state index contributed by atoms with van der Waals surface area (Å²) in [5.74, 6) is 0. The molecule has 0 aromatic carbocycles. The van der Waals surface area contributed by atoms with Crippen molar-refractivity contribution in [1.29, 1.82) is 0 Å². The molecule has 76 valence electrons. The Morgan fingerprint density at radius 2 is 2.36 bits per heavy atom. The predicted molar refractivity (Wildman–Crippen MR) is 69.8 cm³/mol. The van der Waals surface area contributed by atoms with Gasteiger partial charge in [-0.1, -0.05) is 38.3 Å². The van der Waals surface area contributed by atoms with Crippen molar-refractivity contribution >= 4 is 32.7 Å². The van der Waals surface area contributed by atoms with Crippen molar-refractivity contribution < 1.29 is 0 Å². The van der Waals surface area contributed by atoms with E-state index in [1.165, 1.54) is 5.57 Å². The third kappa shape index (κ3) is 3.14. The zero-order valence-corrected chi connectivity index (χ0v) is 10.9. The Kier molecular flexibility index (Phi) is 4.69. The number of rotatable bonds is 3. The second kappa shape index (κ2) is 5.56. The molecule has 0 fully saturated rings. The zero-order chi connectivity index (χ0) is 10.6. The summed E-state index contributed by atoms with van der Waals surface area (Å²) in [5, 5.41) is 1.06. The van der Waals surface area contributed by atoms with Crippen molar-refractivity contribution in [2.75, 3.05) is 0 Å². The predicted octanol–water partition coefficient (Wildman–Crippen LogP) is 4.63. The van der Waals surface area contributed by atoms with Gasteiger partial charge in [-0.05, 0) is 34.8 Å². The maximum Gasteiger partial charge on any atom is 0.108 e. The van der Waals surface area contributed by atoms with Gasteiger partial charge in [0.15, 0.2) is 0 Å². The molecule has 0 atom stereocenters. The van der Waals surface area contributed by atoms with E-state index in [1.807, 2.05) is 0 Å². The zero-order valence-electron chi connectivity index (χ0n) is 8.51. The molecular formula is C11H14BrNS. The van der Waals surface area contributed by atoms with Gasteiger partial charge in [0.05, 0.1) is 3.81 Å². The lowest BCUT2D eigenvalue weighted by Gasteiger charge is -1.99. The van der Waals surface area contributed by atoms with E-state index in [1.54, 1.807) is 11.8 Å². The summed E-state index contributed by atoms with van der Waals surface area (Å²) < 4.78 is 1.12. The topological polar surface area (TPSA) is 12.4 Å². The Morgan fingerprint density at radius 1 is 1.64 bits per heavy atom. The van der Waals surface area contributed by atoms with E-state index in [9.17, 15) is 0 Å². The van der Waals surface area contributed by atoms with Crippen LogP contribution in [0.3, 0.4) is 0 Å². The van der Waals surface area contributed by atoms with Crippen molar-refractivity contribution in [2.45, 2.75) is 26.7 Å². The Bertz CT molecular complexity index is 326. The Morgan fingerprint density at radius 3 is 2.93 bits per heavy atom. The fraction of sp³-hybridized carbons (Fsp3) is 0.364. The molecule has 0 amide bonds. The lowest BCUT2D eigenvalue weighted by molar-refractivity contribution is 1.08. The van der Waals surface area contributed by atoms with Crippen LogP contribution >= 0.6 is 27.7 Å². The highest BCUT2D eigenvalue weighted by molar-refractivity contribution is 9.14. The average molecular weight is 272 g/mol. The Hall–Kier alpha value is -0.280. The van der Waals surface area contributed by atoms with Gasteiger partial charge in [-0.15, -0.1) is 0 Å². The lowest BCUT2D eigenvalue weighted by Crippen LogP contribution is -1.90. The minimum atomic E-state index is 0.904. The second-order valence-electron chi connectivity index (χ2n) is 2.95. The highest BCUT2D eigenvalue weighted by atomic mass is 79.9. The van der Waals surface area contributed by atoms with Crippen LogP contribution in [-0.2, 0) is 0 Å². The molecule has 0 saturated heterocycles. The molecule has 0 aromatic heterocycles. The van der Waals surface area contributed by atoms with E-state index < -0.39 is 0 Å². The average Bonchev–Trinajstić information content (AvgIpc) is 2.47. The molecule has 0 aromatic rings. The quantitative estimate of drug-likeness (QED) is 0.729. The number of nitrogens with zero attached hydrogens (tertiary/aromatic N) is 1. The van der Waals surface area contributed by atoms with Crippen molar-refractivity contribution in [2.24, 2.45) is 4.99 Å². The van der Waals surface area contributed by atoms with Crippen LogP contribution in [0.25, 0.3) is 0 Å². The van der Waals surface area contributed by atoms with Gasteiger partial charge in [0.1, 0.15) is 5.04 Å². The molecule has 1 rings (SSSR count). The van der Waals surface area contributed by atoms with E-state index in [4.69, 9.17) is 0 Å². The summed E-state index contributed by atoms with van der Waals surface area (Å²) in [7, 11) is 0. The number of hydrogen-bond donors (Lipinski definition) is 0. The van der Waals surface area contributed by atoms with Crippen LogP contribution < -0.4 is 0 Å². The first-order chi connectivity index (χ1) is 6.67. The van der Waals surface area contributed by atoms with Gasteiger partial charge >= 0.3 is 0 Å². The molecule has 3 heteroatoms. The fourth-order valence-electron chi connectivity index (χ4n) is 1.04. The van der Waals surface area contributed by atoms with E-state index in [-0.39, 0.29) is 0 Å². The van der Waals surface area contributed by atoms with E-state index in [0.717, 1.165) is 27.4 Å². The van der Waals surface area contributed by atoms with Gasteiger partial charge < -0.3 is 0 Å². The normalized spacial score (nSPS) is 21.8. The summed E-state index contributed by atoms with van der Waals surface area (Å²) in [6.45, 7) is 8.09. The largest absolute Gasteiger partial charge is 0.246 e. The number of halogens is 1. The molecule has 14 heavy (non-hydrogen) atoms. The highest BCUT2D eigenvalue weighted by Gasteiger charge is 2.15. The van der Waals surface area contributed by atoms with Crippen molar-refractivity contribution in [3.05, 3.63) is 33.8 Å². The summed E-state index contributed by atoms with van der Waals surface area (Å²) >= 11 is 5.13. The van der Waals surface area contributed by atoms with Crippen LogP contribution in [0, 0.1) is 0 Å². The molecule has 1 heterocycles. The number of thioether (sulfide) groups is 1. The van der Waals surface area contributed by atoms with Crippen molar-refractivity contribution in [3.63, 3.8) is 0 Å². The summed E-state index contributed by atoms with van der Waals surface area (Å²) in [5.41, 5.74) is 2.14. The van der Waals surface area contributed by atoms with Crippen LogP contribution in [0.4, 0.5) is 0 Å². The maximum absolute atomic E-state index is 4.48. The molecule has 0 N–H and O–H groups in total. The third-order valence-corrected chi connectivity index (χ3v) is 3.35. The fourth-order valence-corrected chi connectivity index (χ4v) is 2.55. The number of allylic oxidation sites excluding steroid dienone is 3. The van der Waals surface area contributed by atoms with Crippen LogP contribution in [0.2, 0.25) is 0 Å². The highest BCUT2D eigenvalue weighted by Crippen LogP contribution is 2.36. The van der Waals surface area contributed by atoms with Crippen molar-refractivity contribution in [3.8, 4) is 0 Å². The minimum Gasteiger partial charge on any atom is -0.246 e. The molecule has 0 radical (unpaired) electrons. The summed E-state index contributed by atoms with van der Waals surface area (Å²) in [6.07, 6.45) is 6.23. The van der Waals surface area contributed by atoms with Gasteiger partial charge in [0, 0.05) is 11.3 Å². The molecule has 1 nitrogen and oxygen atoms in total. The van der Waals surface area contributed by atoms with Gasteiger partial charge in [0.25, 0.3) is 0 Å². The SMILES string of the molecule is C=C(CC)/N=C1/SC(Br)=C/C1=C/CC. The van der Waals surface area contributed by atoms with Crippen LogP contribution in [-0.4, -0.2) is 5.04 Å². The molecule has 1 aliphatic heterocycles. The summed E-state index contributed by atoms with van der Waals surface area (Å²) in [4.78, 5) is 4.48. The van der Waals surface area contributed by atoms with Crippen LogP contribution in [0.15, 0.2) is 38.8 Å². The molecule has 0 unspecified atom stereocenters. The van der Waals surface area contributed by atoms with Crippen molar-refractivity contribution in [1.82, 2.24) is 0 Å². The Balaban J connectivity index is 2.87. The number of hydrogen-bond acceptors (Lipinski definition) is 2. The molecule has 0 aliphatic carbocycles. The first-order valence-corrected chi connectivity index (χ1v) is 6.30. The first kappa shape index (κ1) is 11.8. The maximum atomic E-state index is 4.48. The molecule has 0 bridgehead atoms. The monoisotopic (exact) mass is 271 g/mol. The number of aliphatic imine (C=N–C) groups is 1. The smallest absolute Gasteiger partial charge is 0.108 e. The van der Waals surface area contributed by atoms with E-state index in [2.05, 4.69) is 53.5 Å². The van der Waals surface area contributed by atoms with Gasteiger partial charge in [-0.3, -0.25) is 0 Å². The first-order valence-electron chi connectivity index (χ1n) is 4.69. The lowest BCUT2D eigenvalue weighted by atomic mass is 10.2. The Labute approximate surface area is 98.2 Å². The molecule has 1 aliphatic rings. The molecule has 0 saturated carbocycles.